The van der Waals surface area contributed by atoms with Gasteiger partial charge < -0.3 is 9.32 Å². The van der Waals surface area contributed by atoms with E-state index in [9.17, 15) is 0 Å². The van der Waals surface area contributed by atoms with Crippen molar-refractivity contribution in [2.45, 2.75) is 0 Å². The molecule has 0 amide bonds. The predicted octanol–water partition coefficient (Wildman–Crippen LogP) is 13.2. The van der Waals surface area contributed by atoms with Crippen LogP contribution in [0.2, 0.25) is 0 Å². The smallest absolute Gasteiger partial charge is 0.143 e. The average molecular weight is 614 g/mol. The number of fused-ring (bicyclic) bond motifs is 5. The van der Waals surface area contributed by atoms with Gasteiger partial charge in [-0.3, -0.25) is 0 Å². The molecule has 1 aromatic heterocycles. The third kappa shape index (κ3) is 4.92. The highest BCUT2D eigenvalue weighted by molar-refractivity contribution is 6.20. The number of nitrogens with zero attached hydrogens (tertiary/aromatic N) is 1. The van der Waals surface area contributed by atoms with Crippen LogP contribution >= 0.6 is 0 Å². The summed E-state index contributed by atoms with van der Waals surface area (Å²) in [5.74, 6) is 0. The van der Waals surface area contributed by atoms with Crippen LogP contribution < -0.4 is 4.90 Å². The van der Waals surface area contributed by atoms with Gasteiger partial charge in [0.25, 0.3) is 0 Å². The average Bonchev–Trinajstić information content (AvgIpc) is 3.56. The van der Waals surface area contributed by atoms with Gasteiger partial charge in [-0.25, -0.2) is 0 Å². The molecule has 9 aromatic rings. The topological polar surface area (TPSA) is 16.4 Å². The van der Waals surface area contributed by atoms with E-state index in [0.29, 0.717) is 0 Å². The standard InChI is InChI=1S/C46H31NO/c1-3-11-32(12-4-1)34-21-26-38(27-22-34)47(39-28-23-35(24-29-39)33-13-5-2-6-14-33)40-17-9-16-37(31-40)42-19-10-20-43-45-41-18-8-7-15-36(41)25-30-44(45)48-46(42)43/h1-31H. The lowest BCUT2D eigenvalue weighted by Crippen LogP contribution is -2.10. The first-order valence-corrected chi connectivity index (χ1v) is 16.3. The Labute approximate surface area is 279 Å². The summed E-state index contributed by atoms with van der Waals surface area (Å²) in [4.78, 5) is 2.33. The third-order valence-corrected chi connectivity index (χ3v) is 9.27. The van der Waals surface area contributed by atoms with E-state index in [4.69, 9.17) is 4.42 Å². The van der Waals surface area contributed by atoms with Crippen LogP contribution in [0, 0.1) is 0 Å². The van der Waals surface area contributed by atoms with Gasteiger partial charge in [-0.15, -0.1) is 0 Å². The minimum absolute atomic E-state index is 0.908. The number of furan rings is 1. The SMILES string of the molecule is c1ccc(-c2ccc(N(c3ccc(-c4ccccc4)cc3)c3cccc(-c4cccc5c4oc4ccc6ccccc6c45)c3)cc2)cc1. The van der Waals surface area contributed by atoms with Gasteiger partial charge in [-0.05, 0) is 81.1 Å². The Morgan fingerprint density at radius 1 is 0.354 bits per heavy atom. The molecule has 0 bridgehead atoms. The van der Waals surface area contributed by atoms with Gasteiger partial charge >= 0.3 is 0 Å². The molecule has 1 heterocycles. The van der Waals surface area contributed by atoms with Crippen molar-refractivity contribution in [2.24, 2.45) is 0 Å². The van der Waals surface area contributed by atoms with Gasteiger partial charge in [0.2, 0.25) is 0 Å². The first kappa shape index (κ1) is 27.9. The summed E-state index contributed by atoms with van der Waals surface area (Å²) in [6.07, 6.45) is 0. The van der Waals surface area contributed by atoms with Crippen molar-refractivity contribution in [3.63, 3.8) is 0 Å². The van der Waals surface area contributed by atoms with Crippen LogP contribution in [0.15, 0.2) is 192 Å². The van der Waals surface area contributed by atoms with E-state index >= 15 is 0 Å². The van der Waals surface area contributed by atoms with Gasteiger partial charge in [0.1, 0.15) is 11.2 Å². The second-order valence-electron chi connectivity index (χ2n) is 12.2. The number of rotatable bonds is 6. The lowest BCUT2D eigenvalue weighted by atomic mass is 9.99. The Balaban J connectivity index is 1.17. The maximum atomic E-state index is 6.61. The van der Waals surface area contributed by atoms with Crippen molar-refractivity contribution in [2.75, 3.05) is 4.90 Å². The summed E-state index contributed by atoms with van der Waals surface area (Å²) in [7, 11) is 0. The lowest BCUT2D eigenvalue weighted by Gasteiger charge is -2.26. The van der Waals surface area contributed by atoms with Crippen molar-refractivity contribution in [1.82, 2.24) is 0 Å². The molecule has 0 spiro atoms. The Hall–Kier alpha value is -6.38. The summed E-state index contributed by atoms with van der Waals surface area (Å²) in [5, 5.41) is 4.73. The van der Waals surface area contributed by atoms with Crippen LogP contribution in [0.3, 0.4) is 0 Å². The fourth-order valence-electron chi connectivity index (χ4n) is 6.92. The lowest BCUT2D eigenvalue weighted by molar-refractivity contribution is 0.670. The van der Waals surface area contributed by atoms with Gasteiger partial charge in [-0.2, -0.15) is 0 Å². The second-order valence-corrected chi connectivity index (χ2v) is 12.2. The zero-order chi connectivity index (χ0) is 31.9. The van der Waals surface area contributed by atoms with Crippen LogP contribution in [0.1, 0.15) is 0 Å². The van der Waals surface area contributed by atoms with Crippen LogP contribution in [0.4, 0.5) is 17.1 Å². The van der Waals surface area contributed by atoms with Crippen molar-refractivity contribution in [3.05, 3.63) is 188 Å². The zero-order valence-electron chi connectivity index (χ0n) is 26.3. The van der Waals surface area contributed by atoms with Crippen molar-refractivity contribution in [1.29, 1.82) is 0 Å². The summed E-state index contributed by atoms with van der Waals surface area (Å²) >= 11 is 0. The zero-order valence-corrected chi connectivity index (χ0v) is 26.3. The van der Waals surface area contributed by atoms with Crippen molar-refractivity contribution < 1.29 is 4.42 Å². The number of hydrogen-bond donors (Lipinski definition) is 0. The second kappa shape index (κ2) is 11.8. The molecule has 0 atom stereocenters. The molecule has 48 heavy (non-hydrogen) atoms. The Morgan fingerprint density at radius 3 is 1.56 bits per heavy atom. The molecule has 0 fully saturated rings. The van der Waals surface area contributed by atoms with Crippen LogP contribution in [0.5, 0.6) is 0 Å². The van der Waals surface area contributed by atoms with Crippen LogP contribution in [-0.4, -0.2) is 0 Å². The van der Waals surface area contributed by atoms with E-state index in [0.717, 1.165) is 44.7 Å². The molecule has 0 saturated carbocycles. The molecular formula is C46H31NO. The van der Waals surface area contributed by atoms with E-state index < -0.39 is 0 Å². The summed E-state index contributed by atoms with van der Waals surface area (Å²) in [5.41, 5.74) is 12.0. The number of benzene rings is 8. The molecule has 9 rings (SSSR count). The minimum Gasteiger partial charge on any atom is -0.455 e. The summed E-state index contributed by atoms with van der Waals surface area (Å²) < 4.78 is 6.61. The molecule has 8 aromatic carbocycles. The molecule has 0 aliphatic carbocycles. The minimum atomic E-state index is 0.908. The highest BCUT2D eigenvalue weighted by Gasteiger charge is 2.17. The maximum Gasteiger partial charge on any atom is 0.143 e. The van der Waals surface area contributed by atoms with E-state index in [-0.39, 0.29) is 0 Å². The third-order valence-electron chi connectivity index (χ3n) is 9.27. The monoisotopic (exact) mass is 613 g/mol. The van der Waals surface area contributed by atoms with Crippen molar-refractivity contribution in [3.8, 4) is 33.4 Å². The number of hydrogen-bond acceptors (Lipinski definition) is 2. The molecule has 0 aliphatic rings. The molecule has 0 unspecified atom stereocenters. The molecular weight excluding hydrogens is 583 g/mol. The van der Waals surface area contributed by atoms with Gasteiger partial charge in [0.05, 0.1) is 0 Å². The quantitative estimate of drug-likeness (QED) is 0.185. The van der Waals surface area contributed by atoms with E-state index in [1.165, 1.54) is 38.4 Å². The number of para-hydroxylation sites is 1. The van der Waals surface area contributed by atoms with Crippen LogP contribution in [-0.2, 0) is 0 Å². The van der Waals surface area contributed by atoms with E-state index in [2.05, 4.69) is 193 Å². The Morgan fingerprint density at radius 2 is 0.896 bits per heavy atom. The number of anilines is 3. The van der Waals surface area contributed by atoms with Crippen molar-refractivity contribution >= 4 is 49.8 Å². The first-order chi connectivity index (χ1) is 23.8. The maximum absolute atomic E-state index is 6.61. The normalized spacial score (nSPS) is 11.3. The summed E-state index contributed by atoms with van der Waals surface area (Å²) in [6, 6.07) is 66.8. The predicted molar refractivity (Wildman–Crippen MR) is 202 cm³/mol. The van der Waals surface area contributed by atoms with E-state index in [1.54, 1.807) is 0 Å². The summed E-state index contributed by atoms with van der Waals surface area (Å²) in [6.45, 7) is 0. The van der Waals surface area contributed by atoms with Gasteiger partial charge in [-0.1, -0.05) is 146 Å². The fourth-order valence-corrected chi connectivity index (χ4v) is 6.92. The fraction of sp³-hybridized carbons (Fsp3) is 0. The van der Waals surface area contributed by atoms with E-state index in [1.807, 2.05) is 0 Å². The first-order valence-electron chi connectivity index (χ1n) is 16.3. The molecule has 0 saturated heterocycles. The van der Waals surface area contributed by atoms with Gasteiger partial charge in [0, 0.05) is 33.4 Å². The highest BCUT2D eigenvalue weighted by Crippen LogP contribution is 2.42. The molecule has 2 heteroatoms. The molecule has 0 N–H and O–H groups in total. The molecule has 0 aliphatic heterocycles. The Kier molecular flexibility index (Phi) is 6.84. The highest BCUT2D eigenvalue weighted by atomic mass is 16.3. The molecule has 2 nitrogen and oxygen atoms in total. The largest absolute Gasteiger partial charge is 0.455 e. The van der Waals surface area contributed by atoms with Crippen LogP contribution in [0.25, 0.3) is 66.1 Å². The molecule has 0 radical (unpaired) electrons. The molecule has 226 valence electrons. The van der Waals surface area contributed by atoms with Gasteiger partial charge in [0.15, 0.2) is 0 Å². The Bertz CT molecular complexity index is 2450.